The fourth-order valence-electron chi connectivity index (χ4n) is 6.12. The lowest BCUT2D eigenvalue weighted by molar-refractivity contribution is -0.154. The molecule has 7 heteroatoms. The summed E-state index contributed by atoms with van der Waals surface area (Å²) in [5.41, 5.74) is 0.216. The number of rotatable bonds is 5. The minimum atomic E-state index is -3.42. The van der Waals surface area contributed by atoms with Crippen LogP contribution in [0.4, 0.5) is 0 Å². The van der Waals surface area contributed by atoms with Crippen LogP contribution in [0.25, 0.3) is 0 Å². The number of carbonyl (C=O) groups excluding carboxylic acids is 2. The van der Waals surface area contributed by atoms with Crippen LogP contribution < -0.4 is 10.4 Å². The summed E-state index contributed by atoms with van der Waals surface area (Å²) in [6.45, 7) is 4.30. The van der Waals surface area contributed by atoms with Crippen molar-refractivity contribution in [3.8, 4) is 0 Å². The molecule has 2 aromatic carbocycles. The van der Waals surface area contributed by atoms with Crippen molar-refractivity contribution in [1.29, 1.82) is 0 Å². The molecule has 1 heterocycles. The van der Waals surface area contributed by atoms with Crippen LogP contribution in [0.3, 0.4) is 0 Å². The summed E-state index contributed by atoms with van der Waals surface area (Å²) in [7, 11) is -5.86. The van der Waals surface area contributed by atoms with E-state index in [4.69, 9.17) is 8.85 Å². The molecule has 2 aromatic rings. The average molecular weight is 439 g/mol. The van der Waals surface area contributed by atoms with Crippen molar-refractivity contribution in [3.05, 3.63) is 60.7 Å². The third-order valence-corrected chi connectivity index (χ3v) is 15.4. The van der Waals surface area contributed by atoms with Crippen LogP contribution in [0.1, 0.15) is 12.8 Å². The number of carbonyl (C=O) groups is 2. The maximum atomic E-state index is 12.3. The van der Waals surface area contributed by atoms with Gasteiger partial charge in [0.05, 0.1) is 11.8 Å². The highest BCUT2D eigenvalue weighted by atomic mass is 28.4. The minimum absolute atomic E-state index is 0.116. The van der Waals surface area contributed by atoms with Crippen LogP contribution in [0.5, 0.6) is 0 Å². The minimum Gasteiger partial charge on any atom is -0.429 e. The molecule has 1 aliphatic heterocycles. The second-order valence-corrected chi connectivity index (χ2v) is 16.6. The van der Waals surface area contributed by atoms with Crippen LogP contribution in [0.2, 0.25) is 18.6 Å². The van der Waals surface area contributed by atoms with E-state index >= 15 is 0 Å². The van der Waals surface area contributed by atoms with E-state index in [1.54, 1.807) is 0 Å². The molecule has 3 aliphatic rings. The molecule has 2 saturated carbocycles. The summed E-state index contributed by atoms with van der Waals surface area (Å²) in [4.78, 5) is 36.5. The Bertz CT molecular complexity index is 938. The highest BCUT2D eigenvalue weighted by Gasteiger charge is 2.66. The van der Waals surface area contributed by atoms with E-state index in [1.165, 1.54) is 0 Å². The molecule has 0 radical (unpaired) electrons. The molecule has 1 N–H and O–H groups in total. The molecule has 5 nitrogen and oxygen atoms in total. The Balaban J connectivity index is 1.48. The molecule has 3 fully saturated rings. The van der Waals surface area contributed by atoms with Gasteiger partial charge in [0.25, 0.3) is 0 Å². The number of hydrogen-bond acceptors (Lipinski definition) is 5. The summed E-state index contributed by atoms with van der Waals surface area (Å²) in [5.74, 6) is -0.961. The van der Waals surface area contributed by atoms with Gasteiger partial charge in [-0.2, -0.15) is 0 Å². The highest BCUT2D eigenvalue weighted by molar-refractivity contribution is 6.97. The van der Waals surface area contributed by atoms with Crippen molar-refractivity contribution >= 4 is 39.2 Å². The average Bonchev–Trinajstić information content (AvgIpc) is 3.42. The number of fused-ring (bicyclic) bond motifs is 5. The summed E-state index contributed by atoms with van der Waals surface area (Å²) in [6.07, 6.45) is 1.76. The second-order valence-electron chi connectivity index (χ2n) is 9.38. The van der Waals surface area contributed by atoms with Crippen LogP contribution in [0, 0.1) is 23.7 Å². The molecule has 30 heavy (non-hydrogen) atoms. The van der Waals surface area contributed by atoms with Gasteiger partial charge in [0, 0.05) is 0 Å². The Morgan fingerprint density at radius 2 is 1.40 bits per heavy atom. The molecule has 5 atom stereocenters. The summed E-state index contributed by atoms with van der Waals surface area (Å²) in [5, 5.41) is 1.65. The Morgan fingerprint density at radius 1 is 0.867 bits per heavy atom. The molecule has 0 spiro atoms. The Labute approximate surface area is 178 Å². The zero-order chi connectivity index (χ0) is 21.1. The van der Waals surface area contributed by atoms with Crippen molar-refractivity contribution in [2.45, 2.75) is 31.5 Å². The molecular formula is C23H26O5Si2. The first kappa shape index (κ1) is 19.9. The molecule has 2 aliphatic carbocycles. The van der Waals surface area contributed by atoms with Crippen LogP contribution in [0.15, 0.2) is 60.7 Å². The fraction of sp³-hybridized carbons (Fsp3) is 0.391. The summed E-state index contributed by atoms with van der Waals surface area (Å²) in [6, 6.07) is 19.3. The first-order valence-corrected chi connectivity index (χ1v) is 15.4. The smallest absolute Gasteiger partial charge is 0.394 e. The van der Waals surface area contributed by atoms with Gasteiger partial charge in [-0.3, -0.25) is 9.59 Å². The molecule has 2 bridgehead atoms. The summed E-state index contributed by atoms with van der Waals surface area (Å²) < 4.78 is 11.8. The lowest BCUT2D eigenvalue weighted by atomic mass is 9.81. The molecule has 0 amide bonds. The number of benzene rings is 2. The molecule has 156 valence electrons. The van der Waals surface area contributed by atoms with Gasteiger partial charge in [0.1, 0.15) is 0 Å². The van der Waals surface area contributed by atoms with E-state index in [9.17, 15) is 14.4 Å². The maximum absolute atomic E-state index is 12.3. The number of hydrogen-bond donors (Lipinski definition) is 1. The second kappa shape index (κ2) is 6.98. The Hall–Kier alpha value is -2.07. The monoisotopic (exact) mass is 438 g/mol. The van der Waals surface area contributed by atoms with E-state index in [2.05, 4.69) is 13.1 Å². The van der Waals surface area contributed by atoms with E-state index < -0.39 is 16.9 Å². The molecule has 5 unspecified atom stereocenters. The van der Waals surface area contributed by atoms with Gasteiger partial charge in [0.15, 0.2) is 8.32 Å². The van der Waals surface area contributed by atoms with Crippen molar-refractivity contribution in [3.63, 3.8) is 0 Å². The predicted molar refractivity (Wildman–Crippen MR) is 117 cm³/mol. The standard InChI is InChI=1S/C23H26O5Si2/c1-29(2,19-14-15-13-18(19)21-20(15)22(24)27-23(21)25)28-30(26,16-9-5-3-6-10-16)17-11-7-4-8-12-17/h3-12,15,18-21,26H,13-14H2,1-2H3. The fourth-order valence-corrected chi connectivity index (χ4v) is 14.6. The van der Waals surface area contributed by atoms with Crippen molar-refractivity contribution in [1.82, 2.24) is 0 Å². The molecule has 0 aromatic heterocycles. The topological polar surface area (TPSA) is 72.8 Å². The van der Waals surface area contributed by atoms with Gasteiger partial charge >= 0.3 is 20.5 Å². The van der Waals surface area contributed by atoms with Gasteiger partial charge in [-0.15, -0.1) is 0 Å². The van der Waals surface area contributed by atoms with Crippen molar-refractivity contribution < 1.29 is 23.2 Å². The van der Waals surface area contributed by atoms with Gasteiger partial charge in [-0.25, -0.2) is 0 Å². The molecular weight excluding hydrogens is 412 g/mol. The van der Waals surface area contributed by atoms with Gasteiger partial charge in [0.2, 0.25) is 0 Å². The maximum Gasteiger partial charge on any atom is 0.394 e. The van der Waals surface area contributed by atoms with E-state index in [0.717, 1.165) is 23.2 Å². The van der Waals surface area contributed by atoms with Crippen LogP contribution in [-0.4, -0.2) is 33.6 Å². The Morgan fingerprint density at radius 3 is 1.97 bits per heavy atom. The third kappa shape index (κ3) is 2.95. The van der Waals surface area contributed by atoms with E-state index in [1.807, 2.05) is 60.7 Å². The molecule has 5 rings (SSSR count). The first-order valence-electron chi connectivity index (χ1n) is 10.6. The largest absolute Gasteiger partial charge is 0.429 e. The SMILES string of the molecule is C[Si](C)(O[Si](O)(c1ccccc1)c1ccccc1)C1CC2CC1C1C(=O)OC(=O)C21. The zero-order valence-corrected chi connectivity index (χ0v) is 19.2. The molecule has 1 saturated heterocycles. The lowest BCUT2D eigenvalue weighted by Gasteiger charge is -2.42. The van der Waals surface area contributed by atoms with Crippen molar-refractivity contribution in [2.24, 2.45) is 23.7 Å². The van der Waals surface area contributed by atoms with Gasteiger partial charge < -0.3 is 13.6 Å². The van der Waals surface area contributed by atoms with E-state index in [-0.39, 0.29) is 41.2 Å². The zero-order valence-electron chi connectivity index (χ0n) is 17.2. The quantitative estimate of drug-likeness (QED) is 0.440. The lowest BCUT2D eigenvalue weighted by Crippen LogP contribution is -2.66. The Kier molecular flexibility index (Phi) is 4.63. The normalized spacial score (nSPS) is 30.4. The summed E-state index contributed by atoms with van der Waals surface area (Å²) >= 11 is 0. The van der Waals surface area contributed by atoms with Crippen LogP contribution in [-0.2, 0) is 18.4 Å². The van der Waals surface area contributed by atoms with Gasteiger partial charge in [-0.1, -0.05) is 60.7 Å². The number of cyclic esters (lactones) is 2. The first-order chi connectivity index (χ1) is 14.3. The number of ether oxygens (including phenoxy) is 1. The van der Waals surface area contributed by atoms with Gasteiger partial charge in [-0.05, 0) is 53.7 Å². The predicted octanol–water partition coefficient (Wildman–Crippen LogP) is 2.18. The third-order valence-electron chi connectivity index (χ3n) is 7.38. The highest BCUT2D eigenvalue weighted by Crippen LogP contribution is 2.63. The number of esters is 2. The van der Waals surface area contributed by atoms with Crippen LogP contribution >= 0.6 is 0 Å². The van der Waals surface area contributed by atoms with E-state index in [0.29, 0.717) is 0 Å². The van der Waals surface area contributed by atoms with Crippen molar-refractivity contribution in [2.75, 3.05) is 0 Å².